The fourth-order valence-corrected chi connectivity index (χ4v) is 5.07. The number of benzene rings is 2. The van der Waals surface area contributed by atoms with Crippen LogP contribution in [-0.4, -0.2) is 85.9 Å². The summed E-state index contributed by atoms with van der Waals surface area (Å²) in [5, 5.41) is 5.09. The van der Waals surface area contributed by atoms with Gasteiger partial charge in [-0.15, -0.1) is 0 Å². The highest BCUT2D eigenvalue weighted by Gasteiger charge is 2.33. The highest BCUT2D eigenvalue weighted by atomic mass is 35.5. The SMILES string of the molecule is CCOc1ccccc1N1CCN(CC2CN(CCNc3ccnc4cc(Cl)ccc34)C(=O)O2)CC1. The van der Waals surface area contributed by atoms with Crippen LogP contribution in [0.4, 0.5) is 16.2 Å². The van der Waals surface area contributed by atoms with Crippen LogP contribution in [0.15, 0.2) is 54.7 Å². The number of cyclic esters (lactones) is 1. The highest BCUT2D eigenvalue weighted by molar-refractivity contribution is 6.31. The first-order valence-corrected chi connectivity index (χ1v) is 12.9. The van der Waals surface area contributed by atoms with Crippen LogP contribution in [0.5, 0.6) is 5.75 Å². The molecule has 8 nitrogen and oxygen atoms in total. The van der Waals surface area contributed by atoms with Gasteiger partial charge in [0.05, 0.1) is 24.4 Å². The molecule has 0 aliphatic carbocycles. The maximum Gasteiger partial charge on any atom is 0.410 e. The van der Waals surface area contributed by atoms with Gasteiger partial charge in [-0.3, -0.25) is 9.88 Å². The second-order valence-electron chi connectivity index (χ2n) is 9.09. The summed E-state index contributed by atoms with van der Waals surface area (Å²) >= 11 is 6.08. The van der Waals surface area contributed by atoms with Gasteiger partial charge >= 0.3 is 6.09 Å². The molecule has 2 aliphatic heterocycles. The van der Waals surface area contributed by atoms with Crippen LogP contribution in [0.3, 0.4) is 0 Å². The first-order chi connectivity index (χ1) is 17.6. The molecule has 36 heavy (non-hydrogen) atoms. The average Bonchev–Trinajstić information content (AvgIpc) is 3.23. The van der Waals surface area contributed by atoms with Crippen molar-refractivity contribution in [1.29, 1.82) is 0 Å². The Labute approximate surface area is 216 Å². The lowest BCUT2D eigenvalue weighted by Gasteiger charge is -2.37. The van der Waals surface area contributed by atoms with Crippen molar-refractivity contribution in [2.45, 2.75) is 13.0 Å². The van der Waals surface area contributed by atoms with E-state index in [0.29, 0.717) is 31.3 Å². The molecule has 9 heteroatoms. The number of aromatic nitrogens is 1. The number of nitrogens with one attached hydrogen (secondary N) is 1. The Hall–Kier alpha value is -3.23. The topological polar surface area (TPSA) is 70.2 Å². The van der Waals surface area contributed by atoms with E-state index in [1.54, 1.807) is 11.1 Å². The van der Waals surface area contributed by atoms with Crippen molar-refractivity contribution in [1.82, 2.24) is 14.8 Å². The molecule has 1 amide bonds. The number of pyridine rings is 1. The third-order valence-corrected chi connectivity index (χ3v) is 6.93. The second kappa shape index (κ2) is 11.2. The number of anilines is 2. The van der Waals surface area contributed by atoms with Gasteiger partial charge in [0.1, 0.15) is 11.9 Å². The zero-order valence-electron chi connectivity index (χ0n) is 20.5. The lowest BCUT2D eigenvalue weighted by molar-refractivity contribution is 0.104. The number of halogens is 1. The third-order valence-electron chi connectivity index (χ3n) is 6.69. The van der Waals surface area contributed by atoms with E-state index in [0.717, 1.165) is 60.8 Å². The van der Waals surface area contributed by atoms with Crippen LogP contribution in [0.25, 0.3) is 10.9 Å². The fraction of sp³-hybridized carbons (Fsp3) is 0.407. The molecule has 5 rings (SSSR count). The number of carbonyl (C=O) groups excluding carboxylic acids is 1. The minimum absolute atomic E-state index is 0.108. The summed E-state index contributed by atoms with van der Waals surface area (Å²) in [6, 6.07) is 15.8. The molecule has 1 aromatic heterocycles. The Kier molecular flexibility index (Phi) is 7.63. The van der Waals surface area contributed by atoms with Crippen molar-refractivity contribution in [3.8, 4) is 5.75 Å². The molecule has 1 unspecified atom stereocenters. The summed E-state index contributed by atoms with van der Waals surface area (Å²) < 4.78 is 11.5. The van der Waals surface area contributed by atoms with Gasteiger partial charge in [0.2, 0.25) is 0 Å². The molecular formula is C27H32ClN5O3. The van der Waals surface area contributed by atoms with Gasteiger partial charge in [0.15, 0.2) is 0 Å². The number of rotatable bonds is 9. The Morgan fingerprint density at radius 2 is 1.97 bits per heavy atom. The fourth-order valence-electron chi connectivity index (χ4n) is 4.91. The number of hydrogen-bond acceptors (Lipinski definition) is 7. The van der Waals surface area contributed by atoms with E-state index >= 15 is 0 Å². The smallest absolute Gasteiger partial charge is 0.410 e. The van der Waals surface area contributed by atoms with Crippen LogP contribution in [0.2, 0.25) is 5.02 Å². The number of hydrogen-bond donors (Lipinski definition) is 1. The lowest BCUT2D eigenvalue weighted by atomic mass is 10.2. The standard InChI is InChI=1S/C27H32ClN5O3/c1-2-35-26-6-4-3-5-25(26)32-15-13-31(14-16-32)18-21-19-33(27(34)36-21)12-11-30-23-9-10-29-24-17-20(28)7-8-22(23)24/h3-10,17,21H,2,11-16,18-19H2,1H3,(H,29,30). The Morgan fingerprint density at radius 1 is 1.14 bits per heavy atom. The minimum atomic E-state index is -0.238. The molecule has 2 aliphatic rings. The molecule has 0 spiro atoms. The van der Waals surface area contributed by atoms with Crippen LogP contribution >= 0.6 is 11.6 Å². The van der Waals surface area contributed by atoms with Crippen LogP contribution in [0.1, 0.15) is 6.92 Å². The molecule has 0 bridgehead atoms. The van der Waals surface area contributed by atoms with Gasteiger partial charge in [0, 0.05) is 68.1 Å². The molecule has 3 heterocycles. The van der Waals surface area contributed by atoms with E-state index in [2.05, 4.69) is 32.2 Å². The van der Waals surface area contributed by atoms with Gasteiger partial charge in [0.25, 0.3) is 0 Å². The number of para-hydroxylation sites is 2. The average molecular weight is 510 g/mol. The van der Waals surface area contributed by atoms with Gasteiger partial charge in [-0.05, 0) is 43.3 Å². The van der Waals surface area contributed by atoms with E-state index < -0.39 is 0 Å². The van der Waals surface area contributed by atoms with E-state index in [1.165, 1.54) is 0 Å². The largest absolute Gasteiger partial charge is 0.492 e. The maximum atomic E-state index is 12.5. The summed E-state index contributed by atoms with van der Waals surface area (Å²) in [7, 11) is 0. The van der Waals surface area contributed by atoms with Crippen molar-refractivity contribution < 1.29 is 14.3 Å². The molecule has 2 saturated heterocycles. The maximum absolute atomic E-state index is 12.5. The second-order valence-corrected chi connectivity index (χ2v) is 9.52. The van der Waals surface area contributed by atoms with Crippen molar-refractivity contribution >= 4 is 40.0 Å². The van der Waals surface area contributed by atoms with Crippen molar-refractivity contribution in [3.63, 3.8) is 0 Å². The van der Waals surface area contributed by atoms with Crippen LogP contribution in [-0.2, 0) is 4.74 Å². The van der Waals surface area contributed by atoms with Crippen molar-refractivity contribution in [2.24, 2.45) is 0 Å². The number of nitrogens with zero attached hydrogens (tertiary/aromatic N) is 4. The number of ether oxygens (including phenoxy) is 2. The highest BCUT2D eigenvalue weighted by Crippen LogP contribution is 2.29. The normalized spacial score (nSPS) is 18.5. The molecular weight excluding hydrogens is 478 g/mol. The molecule has 0 saturated carbocycles. The monoisotopic (exact) mass is 509 g/mol. The van der Waals surface area contributed by atoms with Gasteiger partial charge < -0.3 is 24.6 Å². The number of piperazine rings is 1. The minimum Gasteiger partial charge on any atom is -0.492 e. The summed E-state index contributed by atoms with van der Waals surface area (Å²) in [5.74, 6) is 0.936. The van der Waals surface area contributed by atoms with E-state index in [4.69, 9.17) is 21.1 Å². The van der Waals surface area contributed by atoms with Crippen molar-refractivity contribution in [3.05, 3.63) is 59.8 Å². The Balaban J connectivity index is 1.09. The first kappa shape index (κ1) is 24.5. The third kappa shape index (κ3) is 5.60. The molecule has 3 aromatic rings. The molecule has 2 aromatic carbocycles. The van der Waals surface area contributed by atoms with E-state index in [-0.39, 0.29) is 12.2 Å². The lowest BCUT2D eigenvalue weighted by Crippen LogP contribution is -2.49. The predicted octanol–water partition coefficient (Wildman–Crippen LogP) is 4.34. The Morgan fingerprint density at radius 3 is 2.81 bits per heavy atom. The molecule has 190 valence electrons. The number of amides is 1. The molecule has 1 N–H and O–H groups in total. The Bertz CT molecular complexity index is 1200. The summed E-state index contributed by atoms with van der Waals surface area (Å²) in [4.78, 5) is 23.4. The molecule has 0 radical (unpaired) electrons. The quantitative estimate of drug-likeness (QED) is 0.460. The van der Waals surface area contributed by atoms with Crippen LogP contribution < -0.4 is 15.0 Å². The summed E-state index contributed by atoms with van der Waals surface area (Å²) in [6.07, 6.45) is 1.41. The molecule has 2 fully saturated rings. The van der Waals surface area contributed by atoms with Crippen LogP contribution in [0, 0.1) is 0 Å². The summed E-state index contributed by atoms with van der Waals surface area (Å²) in [5.41, 5.74) is 2.97. The molecule has 1 atom stereocenters. The van der Waals surface area contributed by atoms with Gasteiger partial charge in [-0.1, -0.05) is 23.7 Å². The number of carbonyl (C=O) groups is 1. The number of fused-ring (bicyclic) bond motifs is 1. The predicted molar refractivity (Wildman–Crippen MR) is 143 cm³/mol. The van der Waals surface area contributed by atoms with Gasteiger partial charge in [-0.2, -0.15) is 0 Å². The van der Waals surface area contributed by atoms with Gasteiger partial charge in [-0.25, -0.2) is 4.79 Å². The zero-order valence-corrected chi connectivity index (χ0v) is 21.3. The zero-order chi connectivity index (χ0) is 24.9. The first-order valence-electron chi connectivity index (χ1n) is 12.5. The van der Waals surface area contributed by atoms with Crippen molar-refractivity contribution in [2.75, 3.05) is 69.2 Å². The summed E-state index contributed by atoms with van der Waals surface area (Å²) in [6.45, 7) is 8.93. The van der Waals surface area contributed by atoms with E-state index in [9.17, 15) is 4.79 Å². The van der Waals surface area contributed by atoms with E-state index in [1.807, 2.05) is 43.3 Å².